The molecule has 0 fully saturated rings. The summed E-state index contributed by atoms with van der Waals surface area (Å²) in [6.45, 7) is 0.999. The topological polar surface area (TPSA) is 73.6 Å². The van der Waals surface area contributed by atoms with Crippen molar-refractivity contribution >= 4 is 23.4 Å². The lowest BCUT2D eigenvalue weighted by Crippen LogP contribution is -2.16. The molecule has 2 aromatic carbocycles. The molecular formula is C17H15FN2O3. The summed E-state index contributed by atoms with van der Waals surface area (Å²) in [5.74, 6) is 0.461. The van der Waals surface area contributed by atoms with Crippen LogP contribution in [0.15, 0.2) is 42.5 Å². The molecule has 0 bridgehead atoms. The minimum absolute atomic E-state index is 0.0411. The van der Waals surface area contributed by atoms with E-state index in [0.29, 0.717) is 36.0 Å². The van der Waals surface area contributed by atoms with Crippen molar-refractivity contribution in [3.8, 4) is 11.5 Å². The van der Waals surface area contributed by atoms with Crippen molar-refractivity contribution in [3.63, 3.8) is 0 Å². The SMILES string of the molecule is Nc1cc(/C=C/C(=O)Nc2ccc3c(c2)OCCO3)ccc1F. The Kier molecular flexibility index (Phi) is 4.14. The Labute approximate surface area is 132 Å². The van der Waals surface area contributed by atoms with Gasteiger partial charge in [-0.05, 0) is 35.9 Å². The van der Waals surface area contributed by atoms with Gasteiger partial charge in [0.2, 0.25) is 5.91 Å². The quantitative estimate of drug-likeness (QED) is 0.675. The van der Waals surface area contributed by atoms with Gasteiger partial charge in [-0.15, -0.1) is 0 Å². The fourth-order valence-electron chi connectivity index (χ4n) is 2.14. The predicted molar refractivity (Wildman–Crippen MR) is 85.9 cm³/mol. The van der Waals surface area contributed by atoms with Gasteiger partial charge in [-0.1, -0.05) is 6.07 Å². The van der Waals surface area contributed by atoms with Crippen LogP contribution < -0.4 is 20.5 Å². The van der Waals surface area contributed by atoms with Gasteiger partial charge < -0.3 is 20.5 Å². The lowest BCUT2D eigenvalue weighted by molar-refractivity contribution is -0.111. The molecule has 0 unspecified atom stereocenters. The molecule has 118 valence electrons. The van der Waals surface area contributed by atoms with E-state index in [0.717, 1.165) is 0 Å². The first-order chi connectivity index (χ1) is 11.1. The Morgan fingerprint density at radius 1 is 1.13 bits per heavy atom. The maximum absolute atomic E-state index is 13.1. The van der Waals surface area contributed by atoms with E-state index in [-0.39, 0.29) is 11.6 Å². The third kappa shape index (κ3) is 3.60. The van der Waals surface area contributed by atoms with Crippen molar-refractivity contribution in [1.29, 1.82) is 0 Å². The molecule has 0 atom stereocenters. The molecule has 0 aliphatic carbocycles. The number of nitrogens with one attached hydrogen (secondary N) is 1. The van der Waals surface area contributed by atoms with Crippen molar-refractivity contribution in [1.82, 2.24) is 0 Å². The van der Waals surface area contributed by atoms with Gasteiger partial charge in [0, 0.05) is 17.8 Å². The van der Waals surface area contributed by atoms with Crippen molar-refractivity contribution in [3.05, 3.63) is 53.9 Å². The van der Waals surface area contributed by atoms with Crippen LogP contribution in [0, 0.1) is 5.82 Å². The normalized spacial score (nSPS) is 13.1. The number of halogens is 1. The number of benzene rings is 2. The molecule has 1 heterocycles. The van der Waals surface area contributed by atoms with Gasteiger partial charge in [0.25, 0.3) is 0 Å². The second-order valence-electron chi connectivity index (χ2n) is 4.96. The van der Waals surface area contributed by atoms with Crippen LogP contribution in [0.2, 0.25) is 0 Å². The maximum Gasteiger partial charge on any atom is 0.248 e. The third-order valence-corrected chi connectivity index (χ3v) is 3.26. The van der Waals surface area contributed by atoms with E-state index < -0.39 is 5.82 Å². The molecule has 0 saturated carbocycles. The van der Waals surface area contributed by atoms with Crippen LogP contribution in [0.3, 0.4) is 0 Å². The number of rotatable bonds is 3. The molecule has 1 aliphatic heterocycles. The van der Waals surface area contributed by atoms with E-state index in [1.165, 1.54) is 18.2 Å². The number of fused-ring (bicyclic) bond motifs is 1. The summed E-state index contributed by atoms with van der Waals surface area (Å²) in [5.41, 5.74) is 6.76. The minimum atomic E-state index is -0.483. The van der Waals surface area contributed by atoms with Gasteiger partial charge in [0.15, 0.2) is 11.5 Å². The summed E-state index contributed by atoms with van der Waals surface area (Å²) >= 11 is 0. The Hall–Kier alpha value is -3.02. The molecule has 1 aliphatic rings. The zero-order valence-electron chi connectivity index (χ0n) is 12.2. The lowest BCUT2D eigenvalue weighted by Gasteiger charge is -2.18. The summed E-state index contributed by atoms with van der Waals surface area (Å²) < 4.78 is 23.9. The van der Waals surface area contributed by atoms with Crippen molar-refractivity contribution < 1.29 is 18.7 Å². The number of anilines is 2. The standard InChI is InChI=1S/C17H15FN2O3/c18-13-4-1-11(9-14(13)19)2-6-17(21)20-12-3-5-15-16(10-12)23-8-7-22-15/h1-6,9-10H,7-8,19H2,(H,20,21)/b6-2+. The Balaban J connectivity index is 1.67. The smallest absolute Gasteiger partial charge is 0.248 e. The van der Waals surface area contributed by atoms with Crippen LogP contribution in [0.1, 0.15) is 5.56 Å². The number of amides is 1. The van der Waals surface area contributed by atoms with Crippen molar-refractivity contribution in [2.45, 2.75) is 0 Å². The lowest BCUT2D eigenvalue weighted by atomic mass is 10.2. The first-order valence-electron chi connectivity index (χ1n) is 7.05. The van der Waals surface area contributed by atoms with Crippen molar-refractivity contribution in [2.24, 2.45) is 0 Å². The molecule has 3 rings (SSSR count). The highest BCUT2D eigenvalue weighted by Crippen LogP contribution is 2.32. The number of ether oxygens (including phenoxy) is 2. The molecule has 0 aromatic heterocycles. The first-order valence-corrected chi connectivity index (χ1v) is 7.05. The fraction of sp³-hybridized carbons (Fsp3) is 0.118. The predicted octanol–water partition coefficient (Wildman–Crippen LogP) is 2.83. The number of nitrogen functional groups attached to an aromatic ring is 1. The molecule has 6 heteroatoms. The Bertz CT molecular complexity index is 774. The monoisotopic (exact) mass is 314 g/mol. The summed E-state index contributed by atoms with van der Waals surface area (Å²) in [6.07, 6.45) is 2.91. The van der Waals surface area contributed by atoms with Crippen LogP contribution in [-0.2, 0) is 4.79 Å². The van der Waals surface area contributed by atoms with E-state index in [1.807, 2.05) is 0 Å². The zero-order chi connectivity index (χ0) is 16.2. The molecule has 1 amide bonds. The van der Waals surface area contributed by atoms with Crippen LogP contribution in [-0.4, -0.2) is 19.1 Å². The van der Waals surface area contributed by atoms with Gasteiger partial charge in [-0.3, -0.25) is 4.79 Å². The van der Waals surface area contributed by atoms with Crippen molar-refractivity contribution in [2.75, 3.05) is 24.3 Å². The Morgan fingerprint density at radius 3 is 2.70 bits per heavy atom. The fourth-order valence-corrected chi connectivity index (χ4v) is 2.14. The molecule has 23 heavy (non-hydrogen) atoms. The largest absolute Gasteiger partial charge is 0.486 e. The molecule has 3 N–H and O–H groups in total. The van der Waals surface area contributed by atoms with E-state index in [9.17, 15) is 9.18 Å². The summed E-state index contributed by atoms with van der Waals surface area (Å²) in [7, 11) is 0. The molecular weight excluding hydrogens is 299 g/mol. The number of hydrogen-bond donors (Lipinski definition) is 2. The maximum atomic E-state index is 13.1. The molecule has 5 nitrogen and oxygen atoms in total. The second-order valence-corrected chi connectivity index (χ2v) is 4.96. The van der Waals surface area contributed by atoms with E-state index in [4.69, 9.17) is 15.2 Å². The van der Waals surface area contributed by atoms with Crippen LogP contribution >= 0.6 is 0 Å². The van der Waals surface area contributed by atoms with Gasteiger partial charge in [0.05, 0.1) is 5.69 Å². The summed E-state index contributed by atoms with van der Waals surface area (Å²) in [5, 5.41) is 2.72. The van der Waals surface area contributed by atoms with E-state index in [1.54, 1.807) is 30.3 Å². The number of carbonyl (C=O) groups excluding carboxylic acids is 1. The third-order valence-electron chi connectivity index (χ3n) is 3.26. The zero-order valence-corrected chi connectivity index (χ0v) is 12.2. The van der Waals surface area contributed by atoms with Gasteiger partial charge in [-0.25, -0.2) is 4.39 Å². The highest BCUT2D eigenvalue weighted by molar-refractivity contribution is 6.02. The van der Waals surface area contributed by atoms with Crippen LogP contribution in [0.4, 0.5) is 15.8 Å². The Morgan fingerprint density at radius 2 is 1.91 bits per heavy atom. The number of nitrogens with two attached hydrogens (primary N) is 1. The summed E-state index contributed by atoms with van der Waals surface area (Å²) in [6, 6.07) is 9.44. The number of carbonyl (C=O) groups is 1. The molecule has 2 aromatic rings. The van der Waals surface area contributed by atoms with Crippen LogP contribution in [0.25, 0.3) is 6.08 Å². The molecule has 0 saturated heterocycles. The van der Waals surface area contributed by atoms with Gasteiger partial charge >= 0.3 is 0 Å². The molecule has 0 spiro atoms. The number of hydrogen-bond acceptors (Lipinski definition) is 4. The average Bonchev–Trinajstić information content (AvgIpc) is 2.56. The highest BCUT2D eigenvalue weighted by Gasteiger charge is 2.12. The molecule has 0 radical (unpaired) electrons. The second kappa shape index (κ2) is 6.39. The first kappa shape index (κ1) is 14.9. The van der Waals surface area contributed by atoms with E-state index in [2.05, 4.69) is 5.32 Å². The highest BCUT2D eigenvalue weighted by atomic mass is 19.1. The van der Waals surface area contributed by atoms with Gasteiger partial charge in [-0.2, -0.15) is 0 Å². The average molecular weight is 314 g/mol. The van der Waals surface area contributed by atoms with Gasteiger partial charge in [0.1, 0.15) is 19.0 Å². The summed E-state index contributed by atoms with van der Waals surface area (Å²) in [4.78, 5) is 11.9. The van der Waals surface area contributed by atoms with E-state index >= 15 is 0 Å². The van der Waals surface area contributed by atoms with Crippen LogP contribution in [0.5, 0.6) is 11.5 Å². The minimum Gasteiger partial charge on any atom is -0.486 e.